The summed E-state index contributed by atoms with van der Waals surface area (Å²) in [6.45, 7) is -2.56. The van der Waals surface area contributed by atoms with Gasteiger partial charge in [0.05, 0.1) is 31.5 Å². The molecule has 20 nitrogen and oxygen atoms in total. The predicted octanol–water partition coefficient (Wildman–Crippen LogP) is -1.84. The third-order valence-corrected chi connectivity index (χ3v) is 12.3. The van der Waals surface area contributed by atoms with Crippen LogP contribution in [0.15, 0.2) is 58.5 Å². The van der Waals surface area contributed by atoms with Crippen molar-refractivity contribution in [2.45, 2.75) is 74.5 Å². The van der Waals surface area contributed by atoms with E-state index >= 15 is 0 Å². The number of hydrogen-bond acceptors (Lipinski definition) is 17. The summed E-state index contributed by atoms with van der Waals surface area (Å²) >= 11 is 0. The number of aliphatic hydroxyl groups is 7. The van der Waals surface area contributed by atoms with Gasteiger partial charge in [-0.2, -0.15) is 4.99 Å². The smallest absolute Gasteiger partial charge is 0.284 e. The molecule has 0 saturated carbocycles. The zero-order valence-corrected chi connectivity index (χ0v) is 34.3. The van der Waals surface area contributed by atoms with Crippen molar-refractivity contribution >= 4 is 47.0 Å². The molecular weight excluding hydrogens is 839 g/mol. The van der Waals surface area contributed by atoms with Crippen molar-refractivity contribution in [1.82, 2.24) is 5.32 Å². The normalized spacial score (nSPS) is 28.0. The molecule has 64 heavy (non-hydrogen) atoms. The minimum absolute atomic E-state index is 0.00593. The van der Waals surface area contributed by atoms with Gasteiger partial charge in [-0.25, -0.2) is 9.89 Å². The SMILES string of the molecule is N=C1N=C2C(=NC[NH+]2c2ccccc2[C@@H]2c3cc4c(c(OC[C@H](O)CC=O)c3O[C@H]3O[C@@H](COC[C@H]2CCCO)[C@H](O)[C@@H](O)[C@@]3(O)CCO)C(=O)c2cc(CO)ccc2C4=O)C(=O)N1. The highest BCUT2D eigenvalue weighted by Crippen LogP contribution is 2.51. The number of ether oxygens (including phenoxy) is 4. The molecule has 9 atom stereocenters. The maximum absolute atomic E-state index is 14.8. The number of aliphatic imine (C=N–C) groups is 2. The van der Waals surface area contributed by atoms with E-state index in [9.17, 15) is 54.9 Å². The van der Waals surface area contributed by atoms with E-state index in [0.29, 0.717) is 28.0 Å². The van der Waals surface area contributed by atoms with Crippen LogP contribution in [0.1, 0.15) is 80.1 Å². The van der Waals surface area contributed by atoms with Crippen LogP contribution < -0.4 is 19.7 Å². The number of aliphatic hydroxyl groups excluding tert-OH is 6. The number of ketones is 2. The van der Waals surface area contributed by atoms with E-state index in [1.54, 1.807) is 24.3 Å². The topological polar surface area (TPSA) is 312 Å². The summed E-state index contributed by atoms with van der Waals surface area (Å²) in [5.41, 5.74) is -1.65. The Kier molecular flexibility index (Phi) is 13.0. The van der Waals surface area contributed by atoms with Crippen molar-refractivity contribution in [2.75, 3.05) is 39.7 Å². The number of nitrogens with one attached hydrogen (secondary N) is 3. The summed E-state index contributed by atoms with van der Waals surface area (Å²) in [7, 11) is 0. The zero-order valence-electron chi connectivity index (χ0n) is 34.3. The average molecular weight is 887 g/mol. The number of benzene rings is 3. The summed E-state index contributed by atoms with van der Waals surface area (Å²) in [5.74, 6) is -4.65. The lowest BCUT2D eigenvalue weighted by molar-refractivity contribution is -0.723. The van der Waals surface area contributed by atoms with Crippen LogP contribution in [0, 0.1) is 11.3 Å². The van der Waals surface area contributed by atoms with Crippen molar-refractivity contribution in [2.24, 2.45) is 15.9 Å². The lowest BCUT2D eigenvalue weighted by atomic mass is 9.74. The first kappa shape index (κ1) is 44.9. The molecule has 0 aromatic heterocycles. The van der Waals surface area contributed by atoms with E-state index in [4.69, 9.17) is 24.4 Å². The summed E-state index contributed by atoms with van der Waals surface area (Å²) in [4.78, 5) is 63.4. The number of aldehydes is 1. The highest BCUT2D eigenvalue weighted by atomic mass is 16.7. The van der Waals surface area contributed by atoms with E-state index < -0.39 is 104 Å². The number of carbonyl (C=O) groups excluding carboxylic acids is 4. The van der Waals surface area contributed by atoms with E-state index in [-0.39, 0.29) is 90.9 Å². The minimum Gasteiger partial charge on any atom is -0.486 e. The largest absolute Gasteiger partial charge is 0.486 e. The van der Waals surface area contributed by atoms with Gasteiger partial charge in [-0.15, -0.1) is 0 Å². The van der Waals surface area contributed by atoms with Crippen LogP contribution in [0.3, 0.4) is 0 Å². The number of hydrogen-bond donors (Lipinski definition) is 10. The van der Waals surface area contributed by atoms with E-state index in [1.165, 1.54) is 24.3 Å². The first-order valence-electron chi connectivity index (χ1n) is 20.8. The molecule has 3 aromatic rings. The minimum atomic E-state index is -2.54. The number of fused-ring (bicyclic) bond motifs is 6. The number of quaternary nitrogens is 1. The second-order valence-corrected chi connectivity index (χ2v) is 16.3. The second kappa shape index (κ2) is 18.4. The molecule has 338 valence electrons. The summed E-state index contributed by atoms with van der Waals surface area (Å²) in [6, 6.07) is 12.7. The molecule has 1 saturated heterocycles. The Morgan fingerprint density at radius 2 is 1.80 bits per heavy atom. The average Bonchev–Trinajstić information content (AvgIpc) is 3.70. The summed E-state index contributed by atoms with van der Waals surface area (Å²) in [6.07, 6.45) is -8.55. The highest BCUT2D eigenvalue weighted by molar-refractivity contribution is 6.68. The molecule has 8 rings (SSSR count). The molecule has 1 unspecified atom stereocenters. The number of rotatable bonds is 13. The molecule has 1 aliphatic carbocycles. The number of nitrogens with zero attached hydrogens (tertiary/aromatic N) is 2. The van der Waals surface area contributed by atoms with Crippen molar-refractivity contribution in [3.8, 4) is 11.5 Å². The number of amidine groups is 1. The van der Waals surface area contributed by atoms with Crippen LogP contribution in [0.5, 0.6) is 11.5 Å². The Morgan fingerprint density at radius 3 is 2.55 bits per heavy atom. The number of guanidine groups is 1. The Morgan fingerprint density at radius 1 is 1.00 bits per heavy atom. The van der Waals surface area contributed by atoms with Gasteiger partial charge in [0.2, 0.25) is 18.0 Å². The van der Waals surface area contributed by atoms with Crippen molar-refractivity contribution in [1.29, 1.82) is 5.41 Å². The molecule has 3 aromatic carbocycles. The molecule has 5 aliphatic rings. The third-order valence-electron chi connectivity index (χ3n) is 12.3. The quantitative estimate of drug-likeness (QED) is 0.0661. The third kappa shape index (κ3) is 7.95. The van der Waals surface area contributed by atoms with Crippen LogP contribution >= 0.6 is 0 Å². The Hall–Kier alpha value is -5.65. The fraction of sp³-hybridized carbons (Fsp3) is 0.432. The molecule has 4 heterocycles. The predicted molar refractivity (Wildman–Crippen MR) is 221 cm³/mol. The van der Waals surface area contributed by atoms with E-state index in [0.717, 1.165) is 0 Å². The molecule has 1 fully saturated rings. The fourth-order valence-electron chi connectivity index (χ4n) is 9.11. The zero-order chi connectivity index (χ0) is 45.4. The second-order valence-electron chi connectivity index (χ2n) is 16.3. The van der Waals surface area contributed by atoms with Gasteiger partial charge in [0.1, 0.15) is 36.9 Å². The highest BCUT2D eigenvalue weighted by Gasteiger charge is 2.57. The first-order chi connectivity index (χ1) is 30.8. The summed E-state index contributed by atoms with van der Waals surface area (Å²) in [5, 5.41) is 86.8. The Balaban J connectivity index is 1.45. The van der Waals surface area contributed by atoms with Gasteiger partial charge in [-0.05, 0) is 48.6 Å². The van der Waals surface area contributed by atoms with Gasteiger partial charge >= 0.3 is 0 Å². The van der Waals surface area contributed by atoms with Crippen LogP contribution in [0.4, 0.5) is 5.69 Å². The van der Waals surface area contributed by atoms with Gasteiger partial charge in [0.25, 0.3) is 11.7 Å². The van der Waals surface area contributed by atoms with Crippen molar-refractivity contribution in [3.05, 3.63) is 87.5 Å². The standard InChI is InChI=1S/C44H47N5O15/c45-43-47-40-33(41(59)48-43)46-20-49(40)29-6-2-1-5-25(29)31-22(4-3-11-50)17-61-19-30-36(57)39(58)44(60,10-13-52)42(63-30)64-37-28(31)15-27-32(38(37)62-18-23(54)9-12-51)35(56)26-14-21(16-53)7-8-24(26)34(27)55/h1-2,5-8,12,14-15,22-23,30-31,36,39,42,50,52-54,57-58,60H,3-4,9-11,13,16-20H2,(H2,45,48,59)/p+1/t22-,23-,30+,31-,36+,39-,42-,44+/m1/s1. The summed E-state index contributed by atoms with van der Waals surface area (Å²) < 4.78 is 25.5. The Bertz CT molecular complexity index is 2440. The molecule has 2 bridgehead atoms. The van der Waals surface area contributed by atoms with Crippen molar-refractivity contribution in [3.63, 3.8) is 0 Å². The van der Waals surface area contributed by atoms with Gasteiger partial charge < -0.3 is 59.5 Å². The number of amides is 1. The molecule has 0 spiro atoms. The van der Waals surface area contributed by atoms with E-state index in [1.807, 2.05) is 0 Å². The Labute approximate surface area is 364 Å². The van der Waals surface area contributed by atoms with Crippen LogP contribution in [0.25, 0.3) is 0 Å². The number of carbonyl (C=O) groups is 4. The molecular formula is C44H48N5O15+. The first-order valence-corrected chi connectivity index (χ1v) is 20.8. The van der Waals surface area contributed by atoms with Crippen molar-refractivity contribution < 1.29 is 78.8 Å². The maximum Gasteiger partial charge on any atom is 0.284 e. The maximum atomic E-state index is 14.8. The van der Waals surface area contributed by atoms with Crippen LogP contribution in [-0.2, 0) is 25.7 Å². The van der Waals surface area contributed by atoms with Gasteiger partial charge in [-0.1, -0.05) is 24.3 Å². The lowest BCUT2D eigenvalue weighted by Crippen LogP contribution is -3.09. The molecule has 4 aliphatic heterocycles. The molecule has 20 heteroatoms. The fourth-order valence-corrected chi connectivity index (χ4v) is 9.11. The van der Waals surface area contributed by atoms with Crippen LogP contribution in [0.2, 0.25) is 0 Å². The molecule has 0 radical (unpaired) electrons. The number of para-hydroxylation sites is 1. The van der Waals surface area contributed by atoms with E-state index in [2.05, 4.69) is 15.3 Å². The van der Waals surface area contributed by atoms with Gasteiger partial charge in [0.15, 0.2) is 35.3 Å². The lowest BCUT2D eigenvalue weighted by Gasteiger charge is -2.47. The van der Waals surface area contributed by atoms with Crippen LogP contribution in [-0.4, -0.2) is 153 Å². The van der Waals surface area contributed by atoms with Gasteiger partial charge in [0, 0.05) is 59.8 Å². The monoisotopic (exact) mass is 886 g/mol. The molecule has 10 N–H and O–H groups in total. The molecule has 1 amide bonds. The van der Waals surface area contributed by atoms with Gasteiger partial charge in [-0.3, -0.25) is 25.1 Å².